The lowest BCUT2D eigenvalue weighted by molar-refractivity contribution is -0.0120. The quantitative estimate of drug-likeness (QED) is 0.842. The molecule has 4 nitrogen and oxygen atoms in total. The fraction of sp³-hybridized carbons (Fsp3) is 0.500. The number of nitrogens with zero attached hydrogens (tertiary/aromatic N) is 2. The maximum Gasteiger partial charge on any atom is 0.297 e. The molecule has 1 heterocycles. The summed E-state index contributed by atoms with van der Waals surface area (Å²) in [5.74, 6) is 0.802. The molecule has 0 saturated heterocycles. The summed E-state index contributed by atoms with van der Waals surface area (Å²) in [6.07, 6.45) is -1.04. The van der Waals surface area contributed by atoms with Crippen LogP contribution in [0.3, 0.4) is 0 Å². The molecular formula is C16H19F2N3OS. The third-order valence-electron chi connectivity index (χ3n) is 4.18. The maximum atomic E-state index is 13.0. The Bertz CT molecular complexity index is 700. The van der Waals surface area contributed by atoms with E-state index in [4.69, 9.17) is 0 Å². The molecule has 124 valence electrons. The van der Waals surface area contributed by atoms with Crippen molar-refractivity contribution in [2.45, 2.75) is 37.0 Å². The van der Waals surface area contributed by atoms with E-state index in [0.29, 0.717) is 29.7 Å². The van der Waals surface area contributed by atoms with E-state index in [-0.39, 0.29) is 5.25 Å². The van der Waals surface area contributed by atoms with Gasteiger partial charge in [0.1, 0.15) is 5.82 Å². The normalized spacial score (nSPS) is 24.0. The molecule has 0 spiro atoms. The van der Waals surface area contributed by atoms with Crippen LogP contribution in [0.25, 0.3) is 10.9 Å². The Morgan fingerprint density at radius 2 is 2.17 bits per heavy atom. The van der Waals surface area contributed by atoms with Gasteiger partial charge in [-0.1, -0.05) is 19.1 Å². The Labute approximate surface area is 137 Å². The van der Waals surface area contributed by atoms with Crippen molar-refractivity contribution < 1.29 is 13.9 Å². The predicted molar refractivity (Wildman–Crippen MR) is 89.1 cm³/mol. The molecule has 2 atom stereocenters. The summed E-state index contributed by atoms with van der Waals surface area (Å²) in [5, 5.41) is 14.6. The van der Waals surface area contributed by atoms with Crippen LogP contribution >= 0.6 is 11.8 Å². The molecule has 0 amide bonds. The van der Waals surface area contributed by atoms with Crippen LogP contribution in [0.5, 0.6) is 0 Å². The second-order valence-electron chi connectivity index (χ2n) is 5.69. The van der Waals surface area contributed by atoms with E-state index in [1.807, 2.05) is 6.07 Å². The van der Waals surface area contributed by atoms with Gasteiger partial charge in [0.25, 0.3) is 6.43 Å². The van der Waals surface area contributed by atoms with Crippen molar-refractivity contribution >= 4 is 28.5 Å². The van der Waals surface area contributed by atoms with Gasteiger partial charge >= 0.3 is 0 Å². The first kappa shape index (κ1) is 16.4. The molecule has 1 aliphatic rings. The highest BCUT2D eigenvalue weighted by atomic mass is 32.2. The number of halogens is 2. The molecule has 1 fully saturated rings. The highest BCUT2D eigenvalue weighted by Gasteiger charge is 2.45. The van der Waals surface area contributed by atoms with Gasteiger partial charge in [0, 0.05) is 17.2 Å². The van der Waals surface area contributed by atoms with Crippen molar-refractivity contribution in [1.82, 2.24) is 9.97 Å². The largest absolute Gasteiger partial charge is 0.387 e. The summed E-state index contributed by atoms with van der Waals surface area (Å²) >= 11 is 1.73. The van der Waals surface area contributed by atoms with Crippen molar-refractivity contribution in [2.75, 3.05) is 17.6 Å². The SMILES string of the molecule is CCSC1CCC1(O)CNc1nc(C(F)F)nc2ccccc12. The Balaban J connectivity index is 1.84. The van der Waals surface area contributed by atoms with Gasteiger partial charge in [-0.15, -0.1) is 0 Å². The van der Waals surface area contributed by atoms with Gasteiger partial charge in [-0.25, -0.2) is 18.7 Å². The lowest BCUT2D eigenvalue weighted by atomic mass is 9.79. The molecular weight excluding hydrogens is 320 g/mol. The van der Waals surface area contributed by atoms with Crippen LogP contribution < -0.4 is 5.32 Å². The van der Waals surface area contributed by atoms with Crippen LogP contribution in [0, 0.1) is 0 Å². The minimum Gasteiger partial charge on any atom is -0.387 e. The minimum atomic E-state index is -2.73. The van der Waals surface area contributed by atoms with E-state index in [1.165, 1.54) is 0 Å². The third kappa shape index (κ3) is 3.26. The molecule has 2 unspecified atom stereocenters. The molecule has 1 aliphatic carbocycles. The average molecular weight is 339 g/mol. The number of aliphatic hydroxyl groups is 1. The standard InChI is InChI=1S/C16H19F2N3OS/c1-2-23-12-7-8-16(12,22)9-19-14-10-5-3-4-6-11(10)20-15(21-14)13(17)18/h3-6,12-13,22H,2,7-9H2,1H3,(H,19,20,21). The number of hydrogen-bond donors (Lipinski definition) is 2. The number of anilines is 1. The first-order chi connectivity index (χ1) is 11.0. The molecule has 1 aromatic carbocycles. The zero-order chi connectivity index (χ0) is 16.4. The van der Waals surface area contributed by atoms with Crippen LogP contribution in [0.4, 0.5) is 14.6 Å². The summed E-state index contributed by atoms with van der Waals surface area (Å²) < 4.78 is 26.0. The molecule has 1 saturated carbocycles. The van der Waals surface area contributed by atoms with Crippen molar-refractivity contribution in [3.05, 3.63) is 30.1 Å². The highest BCUT2D eigenvalue weighted by Crippen LogP contribution is 2.41. The Kier molecular flexibility index (Phi) is 4.68. The van der Waals surface area contributed by atoms with Gasteiger partial charge in [-0.3, -0.25) is 0 Å². The van der Waals surface area contributed by atoms with Crippen LogP contribution in [0.15, 0.2) is 24.3 Å². The summed E-state index contributed by atoms with van der Waals surface area (Å²) in [5.41, 5.74) is -0.335. The van der Waals surface area contributed by atoms with Crippen molar-refractivity contribution in [3.8, 4) is 0 Å². The van der Waals surface area contributed by atoms with Gasteiger partial charge in [0.15, 0.2) is 5.82 Å². The fourth-order valence-corrected chi connectivity index (χ4v) is 4.00. The molecule has 2 N–H and O–H groups in total. The number of rotatable bonds is 6. The van der Waals surface area contributed by atoms with Gasteiger partial charge in [0.2, 0.25) is 0 Å². The van der Waals surface area contributed by atoms with Gasteiger partial charge in [-0.2, -0.15) is 11.8 Å². The predicted octanol–water partition coefficient (Wildman–Crippen LogP) is 3.63. The molecule has 0 aliphatic heterocycles. The van der Waals surface area contributed by atoms with Crippen molar-refractivity contribution in [1.29, 1.82) is 0 Å². The Hall–Kier alpha value is -1.47. The average Bonchev–Trinajstić information content (AvgIpc) is 2.55. The molecule has 7 heteroatoms. The monoisotopic (exact) mass is 339 g/mol. The van der Waals surface area contributed by atoms with Crippen LogP contribution in [0.1, 0.15) is 32.0 Å². The van der Waals surface area contributed by atoms with Gasteiger partial charge in [-0.05, 0) is 30.7 Å². The van der Waals surface area contributed by atoms with E-state index in [9.17, 15) is 13.9 Å². The number of benzene rings is 1. The number of fused-ring (bicyclic) bond motifs is 1. The minimum absolute atomic E-state index is 0.183. The topological polar surface area (TPSA) is 58.0 Å². The maximum absolute atomic E-state index is 13.0. The summed E-state index contributed by atoms with van der Waals surface area (Å²) in [4.78, 5) is 7.83. The second-order valence-corrected chi connectivity index (χ2v) is 7.17. The lowest BCUT2D eigenvalue weighted by Crippen LogP contribution is -2.54. The summed E-state index contributed by atoms with van der Waals surface area (Å²) in [6.45, 7) is 2.36. The molecule has 23 heavy (non-hydrogen) atoms. The first-order valence-corrected chi connectivity index (χ1v) is 8.71. The molecule has 3 rings (SSSR count). The number of hydrogen-bond acceptors (Lipinski definition) is 5. The van der Waals surface area contributed by atoms with Crippen LogP contribution in [0.2, 0.25) is 0 Å². The molecule has 0 radical (unpaired) electrons. The molecule has 0 bridgehead atoms. The smallest absolute Gasteiger partial charge is 0.297 e. The number of nitrogens with one attached hydrogen (secondary N) is 1. The van der Waals surface area contributed by atoms with E-state index in [1.54, 1.807) is 30.0 Å². The fourth-order valence-electron chi connectivity index (χ4n) is 2.80. The number of alkyl halides is 2. The van der Waals surface area contributed by atoms with E-state index in [0.717, 1.165) is 12.2 Å². The zero-order valence-electron chi connectivity index (χ0n) is 12.8. The number of thioether (sulfide) groups is 1. The van der Waals surface area contributed by atoms with Crippen molar-refractivity contribution in [3.63, 3.8) is 0 Å². The van der Waals surface area contributed by atoms with Gasteiger partial charge < -0.3 is 10.4 Å². The van der Waals surface area contributed by atoms with Gasteiger partial charge in [0.05, 0.1) is 11.1 Å². The van der Waals surface area contributed by atoms with E-state index >= 15 is 0 Å². The number of aromatic nitrogens is 2. The van der Waals surface area contributed by atoms with E-state index < -0.39 is 17.9 Å². The Morgan fingerprint density at radius 1 is 1.39 bits per heavy atom. The van der Waals surface area contributed by atoms with Crippen molar-refractivity contribution in [2.24, 2.45) is 0 Å². The highest BCUT2D eigenvalue weighted by molar-refractivity contribution is 8.00. The summed E-state index contributed by atoms with van der Waals surface area (Å²) in [6, 6.07) is 7.03. The second kappa shape index (κ2) is 6.57. The van der Waals surface area contributed by atoms with Crippen LogP contribution in [-0.2, 0) is 0 Å². The Morgan fingerprint density at radius 3 is 2.83 bits per heavy atom. The first-order valence-electron chi connectivity index (χ1n) is 7.66. The molecule has 1 aromatic heterocycles. The lowest BCUT2D eigenvalue weighted by Gasteiger charge is -2.45. The zero-order valence-corrected chi connectivity index (χ0v) is 13.6. The summed E-state index contributed by atoms with van der Waals surface area (Å²) in [7, 11) is 0. The van der Waals surface area contributed by atoms with Crippen LogP contribution in [-0.4, -0.2) is 38.2 Å². The van der Waals surface area contributed by atoms with E-state index in [2.05, 4.69) is 22.2 Å². The molecule has 2 aromatic rings. The number of para-hydroxylation sites is 1. The third-order valence-corrected chi connectivity index (χ3v) is 5.59.